The van der Waals surface area contributed by atoms with Gasteiger partial charge in [-0.2, -0.15) is 0 Å². The van der Waals surface area contributed by atoms with E-state index in [1.54, 1.807) is 7.11 Å². The summed E-state index contributed by atoms with van der Waals surface area (Å²) in [4.78, 5) is 2.58. The molecule has 1 heterocycles. The number of aliphatic hydroxyl groups excluding tert-OH is 2. The van der Waals surface area contributed by atoms with Crippen LogP contribution in [0.15, 0.2) is 0 Å². The van der Waals surface area contributed by atoms with Crippen LogP contribution >= 0.6 is 0 Å². The second kappa shape index (κ2) is 4.35. The molecule has 1 saturated heterocycles. The lowest BCUT2D eigenvalue weighted by Crippen LogP contribution is -2.94. The molecule has 26 heavy (non-hydrogen) atoms. The summed E-state index contributed by atoms with van der Waals surface area (Å²) in [6.07, 6.45) is 4.16. The van der Waals surface area contributed by atoms with Gasteiger partial charge in [-0.15, -0.1) is 0 Å². The van der Waals surface area contributed by atoms with E-state index >= 15 is 0 Å². The Kier molecular flexibility index (Phi) is 2.80. The highest BCUT2D eigenvalue weighted by atomic mass is 16.5. The summed E-state index contributed by atoms with van der Waals surface area (Å²) in [6, 6.07) is 0.255. The Labute approximate surface area is 155 Å². The van der Waals surface area contributed by atoms with Gasteiger partial charge in [-0.3, -0.25) is 4.90 Å². The molecule has 5 bridgehead atoms. The van der Waals surface area contributed by atoms with E-state index in [4.69, 9.17) is 4.74 Å². The fourth-order valence-electron chi connectivity index (χ4n) is 10.2. The van der Waals surface area contributed by atoms with Crippen LogP contribution in [-0.4, -0.2) is 70.4 Å². The van der Waals surface area contributed by atoms with Crippen molar-refractivity contribution in [2.75, 3.05) is 26.8 Å². The molecule has 0 aromatic heterocycles. The van der Waals surface area contributed by atoms with Crippen LogP contribution < -0.4 is 0 Å². The van der Waals surface area contributed by atoms with Crippen LogP contribution in [0, 0.1) is 34.0 Å². The van der Waals surface area contributed by atoms with Crippen LogP contribution in [0.2, 0.25) is 0 Å². The van der Waals surface area contributed by atoms with Crippen molar-refractivity contribution in [2.24, 2.45) is 34.0 Å². The van der Waals surface area contributed by atoms with Gasteiger partial charge in [-0.25, -0.2) is 0 Å². The van der Waals surface area contributed by atoms with Gasteiger partial charge in [0.25, 0.3) is 0 Å². The Bertz CT molecular complexity index is 687. The number of likely N-dealkylation sites (tertiary alicyclic amines) is 1. The Balaban J connectivity index is 1.61. The maximum absolute atomic E-state index is 12.0. The quantitative estimate of drug-likeness (QED) is 0.698. The second-order valence-electron chi connectivity index (χ2n) is 10.8. The van der Waals surface area contributed by atoms with Crippen molar-refractivity contribution >= 4 is 0 Å². The zero-order valence-electron chi connectivity index (χ0n) is 16.2. The number of rotatable bonds is 3. The van der Waals surface area contributed by atoms with Gasteiger partial charge in [0, 0.05) is 37.5 Å². The molecule has 5 heteroatoms. The van der Waals surface area contributed by atoms with E-state index in [9.17, 15) is 15.3 Å². The SMILES string of the molecule is CCN1C[C@]2(C)CCC(O)[C@@]34[C@@H]2C[C@@H]([C@@H]13)[C@@]1(O)C[C@@]2(OC)C[C@@H]4[C@]21CO. The number of nitrogens with zero attached hydrogens (tertiary/aromatic N) is 1. The third-order valence-electron chi connectivity index (χ3n) is 10.9. The molecule has 1 unspecified atom stereocenters. The monoisotopic (exact) mass is 363 g/mol. The molecule has 6 fully saturated rings. The van der Waals surface area contributed by atoms with Crippen molar-refractivity contribution in [1.82, 2.24) is 4.90 Å². The highest BCUT2D eigenvalue weighted by molar-refractivity contribution is 5.44. The first-order valence-corrected chi connectivity index (χ1v) is 10.6. The smallest absolute Gasteiger partial charge is 0.0827 e. The largest absolute Gasteiger partial charge is 0.396 e. The van der Waals surface area contributed by atoms with Gasteiger partial charge in [-0.05, 0) is 49.5 Å². The van der Waals surface area contributed by atoms with Crippen molar-refractivity contribution in [3.63, 3.8) is 0 Å². The van der Waals surface area contributed by atoms with Gasteiger partial charge in [0.05, 0.1) is 29.3 Å². The zero-order chi connectivity index (χ0) is 18.3. The number of methoxy groups -OCH3 is 1. The lowest BCUT2D eigenvalue weighted by Gasteiger charge is -2.86. The van der Waals surface area contributed by atoms with Crippen molar-refractivity contribution in [2.45, 2.75) is 69.3 Å². The van der Waals surface area contributed by atoms with E-state index in [-0.39, 0.29) is 47.0 Å². The van der Waals surface area contributed by atoms with Gasteiger partial charge in [-0.1, -0.05) is 13.8 Å². The minimum absolute atomic E-state index is 0.0186. The van der Waals surface area contributed by atoms with Crippen LogP contribution in [0.5, 0.6) is 0 Å². The summed E-state index contributed by atoms with van der Waals surface area (Å²) in [6.45, 7) is 6.69. The normalized spacial score (nSPS) is 67.4. The summed E-state index contributed by atoms with van der Waals surface area (Å²) in [5, 5.41) is 34.0. The van der Waals surface area contributed by atoms with Gasteiger partial charge in [0.2, 0.25) is 0 Å². The molecule has 6 rings (SSSR count). The summed E-state index contributed by atoms with van der Waals surface area (Å²) in [7, 11) is 1.74. The number of hydrogen-bond acceptors (Lipinski definition) is 5. The molecule has 1 aliphatic heterocycles. The van der Waals surface area contributed by atoms with E-state index in [1.807, 2.05) is 0 Å². The van der Waals surface area contributed by atoms with Gasteiger partial charge in [0.1, 0.15) is 0 Å². The second-order valence-corrected chi connectivity index (χ2v) is 10.8. The van der Waals surface area contributed by atoms with Crippen LogP contribution in [0.3, 0.4) is 0 Å². The lowest BCUT2D eigenvalue weighted by atomic mass is 9.23. The molecule has 5 aliphatic carbocycles. The van der Waals surface area contributed by atoms with Crippen LogP contribution in [0.4, 0.5) is 0 Å². The first-order chi connectivity index (χ1) is 12.3. The summed E-state index contributed by atoms with van der Waals surface area (Å²) < 4.78 is 5.95. The molecular weight excluding hydrogens is 330 g/mol. The van der Waals surface area contributed by atoms with Gasteiger partial charge < -0.3 is 20.1 Å². The predicted molar refractivity (Wildman–Crippen MR) is 95.3 cm³/mol. The van der Waals surface area contributed by atoms with Gasteiger partial charge in [0.15, 0.2) is 0 Å². The van der Waals surface area contributed by atoms with Crippen LogP contribution in [0.1, 0.15) is 46.0 Å². The Morgan fingerprint density at radius 1 is 1.27 bits per heavy atom. The minimum Gasteiger partial charge on any atom is -0.396 e. The van der Waals surface area contributed by atoms with Crippen molar-refractivity contribution < 1.29 is 20.1 Å². The summed E-state index contributed by atoms with van der Waals surface area (Å²) in [5.74, 6) is 0.764. The predicted octanol–water partition coefficient (Wildman–Crippen LogP) is 1.01. The van der Waals surface area contributed by atoms with E-state index in [0.29, 0.717) is 12.3 Å². The van der Waals surface area contributed by atoms with Crippen molar-refractivity contribution in [1.29, 1.82) is 0 Å². The first-order valence-electron chi connectivity index (χ1n) is 10.6. The molecule has 0 radical (unpaired) electrons. The maximum Gasteiger partial charge on any atom is 0.0827 e. The van der Waals surface area contributed by atoms with Crippen LogP contribution in [0.25, 0.3) is 0 Å². The van der Waals surface area contributed by atoms with E-state index in [1.165, 1.54) is 0 Å². The lowest BCUT2D eigenvalue weighted by molar-refractivity contribution is -0.462. The first kappa shape index (κ1) is 16.7. The molecule has 6 aliphatic rings. The maximum atomic E-state index is 12.0. The molecule has 1 spiro atoms. The molecule has 5 saturated carbocycles. The van der Waals surface area contributed by atoms with E-state index < -0.39 is 11.0 Å². The zero-order valence-corrected chi connectivity index (χ0v) is 16.2. The van der Waals surface area contributed by atoms with Crippen molar-refractivity contribution in [3.8, 4) is 0 Å². The number of aliphatic hydroxyl groups is 3. The molecule has 0 aromatic carbocycles. The topological polar surface area (TPSA) is 73.2 Å². The Hall–Kier alpha value is -0.200. The van der Waals surface area contributed by atoms with Gasteiger partial charge >= 0.3 is 0 Å². The van der Waals surface area contributed by atoms with Crippen molar-refractivity contribution in [3.05, 3.63) is 0 Å². The molecule has 0 aromatic rings. The van der Waals surface area contributed by atoms with Crippen LogP contribution in [-0.2, 0) is 4.74 Å². The third-order valence-corrected chi connectivity index (χ3v) is 10.9. The standard InChI is InChI=1S/C21H33NO4/c1-4-22-10-17(2)6-5-15(24)21-13(17)7-12(16(21)22)20(25)9-18(26-3)8-14(21)19(18,20)11-23/h12-16,23-25H,4-11H2,1-3H3/t12-,13+,14+,15?,16+,17-,18-,19+,20-,21-/m0/s1. The molecule has 146 valence electrons. The van der Waals surface area contributed by atoms with E-state index in [2.05, 4.69) is 18.7 Å². The molecule has 10 atom stereocenters. The molecule has 0 amide bonds. The highest BCUT2D eigenvalue weighted by Gasteiger charge is 2.95. The number of hydrogen-bond donors (Lipinski definition) is 3. The average Bonchev–Trinajstić information content (AvgIpc) is 2.91. The fourth-order valence-corrected chi connectivity index (χ4v) is 10.2. The average molecular weight is 363 g/mol. The number of fused-ring (bicyclic) bond motifs is 1. The third kappa shape index (κ3) is 1.19. The Morgan fingerprint density at radius 3 is 2.69 bits per heavy atom. The molecule has 3 N–H and O–H groups in total. The number of piperidine rings is 1. The fraction of sp³-hybridized carbons (Fsp3) is 1.00. The van der Waals surface area contributed by atoms with E-state index in [0.717, 1.165) is 38.8 Å². The Morgan fingerprint density at radius 2 is 2.04 bits per heavy atom. The molecule has 5 nitrogen and oxygen atoms in total. The highest BCUT2D eigenvalue weighted by Crippen LogP contribution is 2.88. The summed E-state index contributed by atoms with van der Waals surface area (Å²) in [5.41, 5.74) is -1.75. The number of ether oxygens (including phenoxy) is 1. The minimum atomic E-state index is -0.841. The molecular formula is C21H33NO4. The summed E-state index contributed by atoms with van der Waals surface area (Å²) >= 11 is 0.